The van der Waals surface area contributed by atoms with Gasteiger partial charge in [-0.1, -0.05) is 0 Å². The normalized spacial score (nSPS) is 20.3. The van der Waals surface area contributed by atoms with Crippen LogP contribution in [0.25, 0.3) is 0 Å². The summed E-state index contributed by atoms with van der Waals surface area (Å²) in [6.07, 6.45) is 4.65. The highest BCUT2D eigenvalue weighted by Crippen LogP contribution is 2.27. The van der Waals surface area contributed by atoms with Crippen LogP contribution in [0.4, 0.5) is 0 Å². The number of likely N-dealkylation sites (tertiary alicyclic amines) is 1. The van der Waals surface area contributed by atoms with E-state index in [9.17, 15) is 9.90 Å². The zero-order valence-electron chi connectivity index (χ0n) is 14.4. The number of halogens is 2. The van der Waals surface area contributed by atoms with E-state index in [0.29, 0.717) is 12.5 Å². The molecule has 0 aromatic carbocycles. The number of nitrogens with zero attached hydrogens (tertiary/aromatic N) is 2. The molecule has 1 atom stereocenters. The van der Waals surface area contributed by atoms with Gasteiger partial charge in [0, 0.05) is 20.1 Å². The molecule has 138 valence electrons. The Balaban J connectivity index is 0.00000242. The van der Waals surface area contributed by atoms with Crippen LogP contribution in [-0.2, 0) is 4.79 Å². The monoisotopic (exact) mass is 369 g/mol. The average molecular weight is 370 g/mol. The lowest BCUT2D eigenvalue weighted by atomic mass is 9.96. The Hall–Kier alpha value is -0.0700. The lowest BCUT2D eigenvalue weighted by Gasteiger charge is -2.34. The lowest BCUT2D eigenvalue weighted by molar-refractivity contribution is -0.129. The molecule has 2 N–H and O–H groups in total. The van der Waals surface area contributed by atoms with Crippen LogP contribution in [0.5, 0.6) is 0 Å². The van der Waals surface area contributed by atoms with Crippen molar-refractivity contribution in [2.45, 2.75) is 38.7 Å². The fourth-order valence-electron chi connectivity index (χ4n) is 3.05. The summed E-state index contributed by atoms with van der Waals surface area (Å²) in [4.78, 5) is 16.3. The molecule has 0 radical (unpaired) electrons. The summed E-state index contributed by atoms with van der Waals surface area (Å²) in [6, 6.07) is 0. The smallest absolute Gasteiger partial charge is 0.236 e. The molecule has 5 nitrogen and oxygen atoms in total. The second kappa shape index (κ2) is 11.5. The molecule has 1 saturated heterocycles. The number of rotatable bonds is 8. The van der Waals surface area contributed by atoms with E-state index in [0.717, 1.165) is 51.5 Å². The number of β-amino-alcohol motifs (C(OH)–C–C–N with tert-alkyl or cyclic N) is 1. The number of carbonyl (C=O) groups is 1. The van der Waals surface area contributed by atoms with Gasteiger partial charge >= 0.3 is 0 Å². The van der Waals surface area contributed by atoms with Gasteiger partial charge in [0.15, 0.2) is 0 Å². The van der Waals surface area contributed by atoms with Crippen LogP contribution < -0.4 is 5.32 Å². The third-order valence-corrected chi connectivity index (χ3v) is 4.59. The van der Waals surface area contributed by atoms with Crippen molar-refractivity contribution in [1.82, 2.24) is 15.1 Å². The third-order valence-electron chi connectivity index (χ3n) is 4.59. The summed E-state index contributed by atoms with van der Waals surface area (Å²) in [6.45, 7) is 7.03. The highest BCUT2D eigenvalue weighted by molar-refractivity contribution is 5.85. The van der Waals surface area contributed by atoms with E-state index in [2.05, 4.69) is 10.2 Å². The van der Waals surface area contributed by atoms with Gasteiger partial charge in [0.05, 0.1) is 12.6 Å². The van der Waals surface area contributed by atoms with Crippen LogP contribution in [-0.4, -0.2) is 73.2 Å². The number of hydrogen-bond acceptors (Lipinski definition) is 4. The molecule has 1 heterocycles. The second-order valence-corrected chi connectivity index (χ2v) is 6.94. The van der Waals surface area contributed by atoms with Gasteiger partial charge in [-0.05, 0) is 64.1 Å². The number of piperidine rings is 1. The van der Waals surface area contributed by atoms with Gasteiger partial charge in [0.25, 0.3) is 0 Å². The Morgan fingerprint density at radius 1 is 1.22 bits per heavy atom. The third kappa shape index (κ3) is 9.11. The Labute approximate surface area is 153 Å². The summed E-state index contributed by atoms with van der Waals surface area (Å²) in [5.74, 6) is 1.64. The number of nitrogens with one attached hydrogen (secondary N) is 1. The zero-order chi connectivity index (χ0) is 15.2. The molecule has 0 aromatic heterocycles. The van der Waals surface area contributed by atoms with Crippen molar-refractivity contribution in [3.05, 3.63) is 0 Å². The van der Waals surface area contributed by atoms with Gasteiger partial charge < -0.3 is 20.2 Å². The fraction of sp³-hybridized carbons (Fsp3) is 0.938. The number of aliphatic hydroxyl groups excluding tert-OH is 1. The number of carbonyl (C=O) groups excluding carboxylic acids is 1. The Bertz CT molecular complexity index is 333. The molecule has 7 heteroatoms. The molecule has 0 bridgehead atoms. The van der Waals surface area contributed by atoms with E-state index in [1.807, 2.05) is 18.9 Å². The SMILES string of the molecule is CC(O)CN1CCC(CN(C)C(=O)CNCC2CC2)CC1.Cl.Cl. The number of aliphatic hydroxyl groups is 1. The molecule has 1 amide bonds. The predicted molar refractivity (Wildman–Crippen MR) is 98.6 cm³/mol. The van der Waals surface area contributed by atoms with Gasteiger partial charge in [-0.2, -0.15) is 0 Å². The Kier molecular flexibility index (Phi) is 11.4. The molecule has 1 unspecified atom stereocenters. The van der Waals surface area contributed by atoms with E-state index >= 15 is 0 Å². The maximum Gasteiger partial charge on any atom is 0.236 e. The second-order valence-electron chi connectivity index (χ2n) is 6.94. The van der Waals surface area contributed by atoms with Crippen LogP contribution >= 0.6 is 24.8 Å². The quantitative estimate of drug-likeness (QED) is 0.678. The van der Waals surface area contributed by atoms with Crippen molar-refractivity contribution in [1.29, 1.82) is 0 Å². The standard InChI is InChI=1S/C16H31N3O2.2ClH/c1-13(20)11-19-7-5-15(6-8-19)12-18(2)16(21)10-17-9-14-3-4-14;;/h13-15,17,20H,3-12H2,1-2H3;2*1H. The first kappa shape index (κ1) is 22.9. The fourth-order valence-corrected chi connectivity index (χ4v) is 3.05. The van der Waals surface area contributed by atoms with Gasteiger partial charge in [-0.25, -0.2) is 0 Å². The average Bonchev–Trinajstić information content (AvgIpc) is 3.24. The van der Waals surface area contributed by atoms with Crippen molar-refractivity contribution < 1.29 is 9.90 Å². The predicted octanol–water partition coefficient (Wildman–Crippen LogP) is 1.38. The minimum absolute atomic E-state index is 0. The van der Waals surface area contributed by atoms with E-state index in [-0.39, 0.29) is 36.8 Å². The molecule has 1 saturated carbocycles. The van der Waals surface area contributed by atoms with Crippen molar-refractivity contribution in [3.63, 3.8) is 0 Å². The van der Waals surface area contributed by atoms with Crippen molar-refractivity contribution in [3.8, 4) is 0 Å². The molecule has 2 aliphatic rings. The van der Waals surface area contributed by atoms with E-state index in [1.54, 1.807) is 0 Å². The molecule has 2 rings (SSSR count). The first-order valence-electron chi connectivity index (χ1n) is 8.39. The maximum atomic E-state index is 12.0. The van der Waals surface area contributed by atoms with E-state index < -0.39 is 0 Å². The Morgan fingerprint density at radius 2 is 1.83 bits per heavy atom. The molecule has 1 aliphatic heterocycles. The number of hydrogen-bond donors (Lipinski definition) is 2. The van der Waals surface area contributed by atoms with Crippen molar-refractivity contribution >= 4 is 30.7 Å². The molecule has 23 heavy (non-hydrogen) atoms. The van der Waals surface area contributed by atoms with E-state index in [4.69, 9.17) is 0 Å². The topological polar surface area (TPSA) is 55.8 Å². The highest BCUT2D eigenvalue weighted by atomic mass is 35.5. The van der Waals surface area contributed by atoms with Crippen LogP contribution in [0.2, 0.25) is 0 Å². The molecular weight excluding hydrogens is 337 g/mol. The first-order chi connectivity index (χ1) is 10.0. The van der Waals surface area contributed by atoms with Crippen molar-refractivity contribution in [2.75, 3.05) is 46.3 Å². The molecule has 1 aliphatic carbocycles. The molecule has 2 fully saturated rings. The van der Waals surface area contributed by atoms with Crippen LogP contribution in [0.3, 0.4) is 0 Å². The minimum Gasteiger partial charge on any atom is -0.392 e. The van der Waals surface area contributed by atoms with Crippen LogP contribution in [0.15, 0.2) is 0 Å². The summed E-state index contributed by atoms with van der Waals surface area (Å²) in [5.41, 5.74) is 0. The van der Waals surface area contributed by atoms with Crippen LogP contribution in [0, 0.1) is 11.8 Å². The van der Waals surface area contributed by atoms with Gasteiger partial charge in [-0.15, -0.1) is 24.8 Å². The summed E-state index contributed by atoms with van der Waals surface area (Å²) in [7, 11) is 1.92. The summed E-state index contributed by atoms with van der Waals surface area (Å²) in [5, 5.41) is 12.7. The molecule has 0 spiro atoms. The summed E-state index contributed by atoms with van der Waals surface area (Å²) >= 11 is 0. The minimum atomic E-state index is -0.247. The largest absolute Gasteiger partial charge is 0.392 e. The maximum absolute atomic E-state index is 12.0. The molecular formula is C16H33Cl2N3O2. The Morgan fingerprint density at radius 3 is 2.35 bits per heavy atom. The van der Waals surface area contributed by atoms with Gasteiger partial charge in [-0.3, -0.25) is 4.79 Å². The van der Waals surface area contributed by atoms with Gasteiger partial charge in [0.1, 0.15) is 0 Å². The number of amides is 1. The summed E-state index contributed by atoms with van der Waals surface area (Å²) < 4.78 is 0. The van der Waals surface area contributed by atoms with Crippen LogP contribution in [0.1, 0.15) is 32.6 Å². The first-order valence-corrected chi connectivity index (χ1v) is 8.39. The lowest BCUT2D eigenvalue weighted by Crippen LogP contribution is -2.43. The zero-order valence-corrected chi connectivity index (χ0v) is 16.0. The van der Waals surface area contributed by atoms with E-state index in [1.165, 1.54) is 12.8 Å². The van der Waals surface area contributed by atoms with Gasteiger partial charge in [0.2, 0.25) is 5.91 Å². The highest BCUT2D eigenvalue weighted by Gasteiger charge is 2.23. The molecule has 0 aromatic rings. The van der Waals surface area contributed by atoms with Crippen molar-refractivity contribution in [2.24, 2.45) is 11.8 Å². The number of likely N-dealkylation sites (N-methyl/N-ethyl adjacent to an activating group) is 1.